The molecule has 0 aliphatic carbocycles. The van der Waals surface area contributed by atoms with Crippen LogP contribution in [0.4, 0.5) is 5.13 Å². The quantitative estimate of drug-likeness (QED) is 0.489. The Morgan fingerprint density at radius 2 is 1.93 bits per heavy atom. The lowest BCUT2D eigenvalue weighted by molar-refractivity contribution is 0.555. The number of anilines is 1. The maximum atomic E-state index is 12.5. The average molecular weight is 442 g/mol. The van der Waals surface area contributed by atoms with E-state index in [2.05, 4.69) is 14.7 Å². The number of nitrogens with zero attached hydrogens (tertiary/aromatic N) is 1. The van der Waals surface area contributed by atoms with Gasteiger partial charge in [0.1, 0.15) is 0 Å². The summed E-state index contributed by atoms with van der Waals surface area (Å²) in [4.78, 5) is 18.1. The molecule has 0 saturated carbocycles. The van der Waals surface area contributed by atoms with Crippen LogP contribution < -0.4 is 10.5 Å². The fraction of sp³-hybridized carbons (Fsp3) is 0. The lowest BCUT2D eigenvalue weighted by Crippen LogP contribution is -2.12. The molecular weight excluding hydrogens is 433 g/mol. The fourth-order valence-corrected chi connectivity index (χ4v) is 4.74. The molecule has 2 heterocycles. The SMILES string of the molecule is O=c1[nH]c2ccc(-c3csc(NS(=O)(=O)c4ccc(Cl)c(Cl)c4)n3)cc2o1. The van der Waals surface area contributed by atoms with Crippen LogP contribution in [-0.2, 0) is 10.0 Å². The smallest absolute Gasteiger partial charge is 0.408 e. The van der Waals surface area contributed by atoms with E-state index in [0.29, 0.717) is 22.4 Å². The van der Waals surface area contributed by atoms with E-state index in [9.17, 15) is 13.2 Å². The number of rotatable bonds is 4. The molecule has 0 radical (unpaired) electrons. The maximum absolute atomic E-state index is 12.5. The van der Waals surface area contributed by atoms with Crippen molar-refractivity contribution in [3.63, 3.8) is 0 Å². The molecule has 0 atom stereocenters. The van der Waals surface area contributed by atoms with E-state index < -0.39 is 15.8 Å². The highest BCUT2D eigenvalue weighted by Crippen LogP contribution is 2.30. The van der Waals surface area contributed by atoms with Crippen molar-refractivity contribution < 1.29 is 12.8 Å². The van der Waals surface area contributed by atoms with Gasteiger partial charge in [-0.25, -0.2) is 18.2 Å². The summed E-state index contributed by atoms with van der Waals surface area (Å²) >= 11 is 12.8. The van der Waals surface area contributed by atoms with Crippen molar-refractivity contribution >= 4 is 60.8 Å². The predicted molar refractivity (Wildman–Crippen MR) is 105 cm³/mol. The van der Waals surface area contributed by atoms with Gasteiger partial charge in [-0.1, -0.05) is 29.3 Å². The molecule has 0 unspecified atom stereocenters. The van der Waals surface area contributed by atoms with Gasteiger partial charge in [-0.05, 0) is 30.3 Å². The van der Waals surface area contributed by atoms with Crippen LogP contribution in [0.1, 0.15) is 0 Å². The number of hydrogen-bond donors (Lipinski definition) is 2. The van der Waals surface area contributed by atoms with E-state index in [1.54, 1.807) is 23.6 Å². The van der Waals surface area contributed by atoms with Crippen molar-refractivity contribution in [1.29, 1.82) is 0 Å². The third kappa shape index (κ3) is 3.59. The van der Waals surface area contributed by atoms with Gasteiger partial charge in [0.05, 0.1) is 26.2 Å². The summed E-state index contributed by atoms with van der Waals surface area (Å²) in [7, 11) is -3.86. The first kappa shape index (κ1) is 18.1. The number of benzene rings is 2. The molecule has 0 bridgehead atoms. The highest BCUT2D eigenvalue weighted by atomic mass is 35.5. The lowest BCUT2D eigenvalue weighted by Gasteiger charge is -2.06. The van der Waals surface area contributed by atoms with Gasteiger partial charge in [-0.3, -0.25) is 9.71 Å². The molecule has 7 nitrogen and oxygen atoms in total. The van der Waals surface area contributed by atoms with Gasteiger partial charge in [0.2, 0.25) is 0 Å². The molecule has 2 N–H and O–H groups in total. The minimum absolute atomic E-state index is 0.0239. The molecule has 27 heavy (non-hydrogen) atoms. The van der Waals surface area contributed by atoms with Crippen LogP contribution in [0.25, 0.3) is 22.4 Å². The van der Waals surface area contributed by atoms with E-state index in [4.69, 9.17) is 27.6 Å². The Bertz CT molecular complexity index is 1320. The van der Waals surface area contributed by atoms with Gasteiger partial charge >= 0.3 is 5.76 Å². The van der Waals surface area contributed by atoms with Gasteiger partial charge < -0.3 is 4.42 Å². The molecule has 0 aliphatic rings. The summed E-state index contributed by atoms with van der Waals surface area (Å²) in [6.07, 6.45) is 0. The Labute approximate surface area is 166 Å². The topological polar surface area (TPSA) is 105 Å². The summed E-state index contributed by atoms with van der Waals surface area (Å²) in [6, 6.07) is 9.12. The highest BCUT2D eigenvalue weighted by Gasteiger charge is 2.18. The summed E-state index contributed by atoms with van der Waals surface area (Å²) in [5, 5.41) is 2.28. The predicted octanol–water partition coefficient (Wildman–Crippen LogP) is 4.35. The van der Waals surface area contributed by atoms with E-state index in [1.807, 2.05) is 0 Å². The maximum Gasteiger partial charge on any atom is 0.417 e. The standard InChI is InChI=1S/C16H9Cl2N3O4S2/c17-10-3-2-9(6-11(10)18)27(23,24)21-15-19-13(7-26-15)8-1-4-12-14(5-8)25-16(22)20-12/h1-7H,(H,19,21)(H,20,22). The summed E-state index contributed by atoms with van der Waals surface area (Å²) in [5.74, 6) is -0.546. The van der Waals surface area contributed by atoms with E-state index in [0.717, 1.165) is 11.3 Å². The van der Waals surface area contributed by atoms with Gasteiger partial charge in [0.25, 0.3) is 10.0 Å². The lowest BCUT2D eigenvalue weighted by atomic mass is 10.1. The van der Waals surface area contributed by atoms with Crippen LogP contribution >= 0.6 is 34.5 Å². The van der Waals surface area contributed by atoms with Crippen LogP contribution in [0.2, 0.25) is 10.0 Å². The minimum atomic E-state index is -3.86. The van der Waals surface area contributed by atoms with E-state index in [-0.39, 0.29) is 20.1 Å². The number of oxazole rings is 1. The van der Waals surface area contributed by atoms with Crippen molar-refractivity contribution in [3.05, 3.63) is 62.4 Å². The fourth-order valence-electron chi connectivity index (χ4n) is 2.38. The highest BCUT2D eigenvalue weighted by molar-refractivity contribution is 7.93. The molecule has 138 valence electrons. The molecule has 0 spiro atoms. The number of fused-ring (bicyclic) bond motifs is 1. The second-order valence-corrected chi connectivity index (χ2v) is 8.80. The number of nitrogens with one attached hydrogen (secondary N) is 2. The number of sulfonamides is 1. The zero-order valence-electron chi connectivity index (χ0n) is 13.2. The van der Waals surface area contributed by atoms with Gasteiger partial charge in [0, 0.05) is 10.9 Å². The molecule has 2 aromatic carbocycles. The van der Waals surface area contributed by atoms with Crippen molar-refractivity contribution in [2.75, 3.05) is 4.72 Å². The summed E-state index contributed by atoms with van der Waals surface area (Å²) in [5.41, 5.74) is 2.18. The number of thiazole rings is 1. The van der Waals surface area contributed by atoms with Crippen LogP contribution in [0.3, 0.4) is 0 Å². The van der Waals surface area contributed by atoms with Crippen LogP contribution in [0.15, 0.2) is 55.9 Å². The Kier molecular flexibility index (Phi) is 4.47. The second-order valence-electron chi connectivity index (χ2n) is 5.44. The molecule has 2 aromatic heterocycles. The molecular formula is C16H9Cl2N3O4S2. The first-order valence-electron chi connectivity index (χ1n) is 7.38. The molecule has 0 saturated heterocycles. The van der Waals surface area contributed by atoms with Crippen LogP contribution in [0, 0.1) is 0 Å². The van der Waals surface area contributed by atoms with Crippen LogP contribution in [0.5, 0.6) is 0 Å². The van der Waals surface area contributed by atoms with Crippen molar-refractivity contribution in [1.82, 2.24) is 9.97 Å². The van der Waals surface area contributed by atoms with Crippen LogP contribution in [-0.4, -0.2) is 18.4 Å². The Hall–Kier alpha value is -2.33. The number of H-pyrrole nitrogens is 1. The third-order valence-electron chi connectivity index (χ3n) is 3.64. The Balaban J connectivity index is 1.63. The zero-order valence-corrected chi connectivity index (χ0v) is 16.3. The van der Waals surface area contributed by atoms with E-state index >= 15 is 0 Å². The summed E-state index contributed by atoms with van der Waals surface area (Å²) < 4.78 is 32.4. The number of aromatic amines is 1. The van der Waals surface area contributed by atoms with Crippen molar-refractivity contribution in [2.24, 2.45) is 0 Å². The minimum Gasteiger partial charge on any atom is -0.408 e. The Morgan fingerprint density at radius 1 is 1.11 bits per heavy atom. The second kappa shape index (κ2) is 6.68. The first-order valence-corrected chi connectivity index (χ1v) is 10.5. The molecule has 4 aromatic rings. The molecule has 0 amide bonds. The normalized spacial score (nSPS) is 11.8. The average Bonchev–Trinajstić information content (AvgIpc) is 3.21. The largest absolute Gasteiger partial charge is 0.417 e. The van der Waals surface area contributed by atoms with Gasteiger partial charge in [-0.2, -0.15) is 0 Å². The van der Waals surface area contributed by atoms with Crippen molar-refractivity contribution in [3.8, 4) is 11.3 Å². The molecule has 11 heteroatoms. The number of hydrogen-bond acceptors (Lipinski definition) is 6. The monoisotopic (exact) mass is 441 g/mol. The summed E-state index contributed by atoms with van der Waals surface area (Å²) in [6.45, 7) is 0. The van der Waals surface area contributed by atoms with Gasteiger partial charge in [0.15, 0.2) is 10.7 Å². The zero-order chi connectivity index (χ0) is 19.2. The first-order chi connectivity index (χ1) is 12.8. The van der Waals surface area contributed by atoms with Crippen molar-refractivity contribution in [2.45, 2.75) is 4.90 Å². The number of halogens is 2. The Morgan fingerprint density at radius 3 is 2.70 bits per heavy atom. The molecule has 0 fully saturated rings. The number of aromatic nitrogens is 2. The molecule has 0 aliphatic heterocycles. The van der Waals surface area contributed by atoms with E-state index in [1.165, 1.54) is 18.2 Å². The molecule has 4 rings (SSSR count). The third-order valence-corrected chi connectivity index (χ3v) is 6.61. The van der Waals surface area contributed by atoms with Gasteiger partial charge in [-0.15, -0.1) is 11.3 Å².